The molecule has 1 aliphatic rings. The van der Waals surface area contributed by atoms with E-state index >= 15 is 0 Å². The summed E-state index contributed by atoms with van der Waals surface area (Å²) in [5.74, 6) is 1.56. The van der Waals surface area contributed by atoms with Crippen LogP contribution in [0, 0.1) is 12.8 Å². The van der Waals surface area contributed by atoms with Crippen molar-refractivity contribution < 1.29 is 4.74 Å². The topological polar surface area (TPSA) is 48.9 Å². The first-order valence-corrected chi connectivity index (χ1v) is 9.77. The molecule has 5 nitrogen and oxygen atoms in total. The largest absolute Gasteiger partial charge is 0.379 e. The minimum Gasteiger partial charge on any atom is -0.379 e. The van der Waals surface area contributed by atoms with Crippen molar-refractivity contribution in [3.05, 3.63) is 21.9 Å². The Bertz CT molecular complexity index is 509. The molecule has 0 aliphatic carbocycles. The standard InChI is InChI=1S/C18H32N4OS/c1-14(2)11-16(22-6-8-23-9-7-22)12-20-18(19-4)21-13-17-15(3)5-10-24-17/h5,10,14,16H,6-9,11-13H2,1-4H3,(H2,19,20,21). The van der Waals surface area contributed by atoms with Crippen molar-refractivity contribution in [1.82, 2.24) is 15.5 Å². The molecule has 136 valence electrons. The minimum absolute atomic E-state index is 0.524. The zero-order chi connectivity index (χ0) is 17.4. The first kappa shape index (κ1) is 19.2. The highest BCUT2D eigenvalue weighted by Gasteiger charge is 2.22. The van der Waals surface area contributed by atoms with Crippen LogP contribution in [0.2, 0.25) is 0 Å². The molecule has 1 unspecified atom stereocenters. The number of nitrogens with zero attached hydrogens (tertiary/aromatic N) is 2. The van der Waals surface area contributed by atoms with E-state index in [2.05, 4.69) is 52.7 Å². The summed E-state index contributed by atoms with van der Waals surface area (Å²) in [5, 5.41) is 9.08. The maximum Gasteiger partial charge on any atom is 0.191 e. The van der Waals surface area contributed by atoms with Crippen molar-refractivity contribution >= 4 is 17.3 Å². The predicted octanol–water partition coefficient (Wildman–Crippen LogP) is 2.47. The molecule has 1 aromatic rings. The van der Waals surface area contributed by atoms with E-state index in [-0.39, 0.29) is 0 Å². The third kappa shape index (κ3) is 6.07. The number of guanidine groups is 1. The first-order valence-electron chi connectivity index (χ1n) is 8.89. The molecule has 0 radical (unpaired) electrons. The van der Waals surface area contributed by atoms with Gasteiger partial charge in [-0.05, 0) is 36.3 Å². The molecule has 2 rings (SSSR count). The lowest BCUT2D eigenvalue weighted by atomic mass is 10.0. The molecule has 1 aliphatic heterocycles. The summed E-state index contributed by atoms with van der Waals surface area (Å²) in [6.07, 6.45) is 1.19. The van der Waals surface area contributed by atoms with Crippen molar-refractivity contribution in [3.63, 3.8) is 0 Å². The average Bonchev–Trinajstić information content (AvgIpc) is 2.99. The molecule has 0 amide bonds. The summed E-state index contributed by atoms with van der Waals surface area (Å²) in [7, 11) is 1.84. The smallest absolute Gasteiger partial charge is 0.191 e. The van der Waals surface area contributed by atoms with Crippen LogP contribution in [-0.2, 0) is 11.3 Å². The third-order valence-electron chi connectivity index (χ3n) is 4.42. The predicted molar refractivity (Wildman–Crippen MR) is 103 cm³/mol. The van der Waals surface area contributed by atoms with Crippen LogP contribution in [-0.4, -0.2) is 56.8 Å². The zero-order valence-electron chi connectivity index (χ0n) is 15.5. The number of thiophene rings is 1. The van der Waals surface area contributed by atoms with Crippen molar-refractivity contribution in [1.29, 1.82) is 0 Å². The van der Waals surface area contributed by atoms with E-state index in [0.717, 1.165) is 45.4 Å². The van der Waals surface area contributed by atoms with Gasteiger partial charge in [0.15, 0.2) is 5.96 Å². The lowest BCUT2D eigenvalue weighted by Gasteiger charge is -2.35. The first-order chi connectivity index (χ1) is 11.6. The van der Waals surface area contributed by atoms with Crippen molar-refractivity contribution in [2.24, 2.45) is 10.9 Å². The van der Waals surface area contributed by atoms with Crippen molar-refractivity contribution in [2.75, 3.05) is 39.9 Å². The maximum absolute atomic E-state index is 5.50. The van der Waals surface area contributed by atoms with Gasteiger partial charge in [0.1, 0.15) is 0 Å². The lowest BCUT2D eigenvalue weighted by Crippen LogP contribution is -2.50. The average molecular weight is 353 g/mol. The minimum atomic E-state index is 0.524. The Morgan fingerprint density at radius 3 is 2.67 bits per heavy atom. The number of morpholine rings is 1. The van der Waals surface area contributed by atoms with Crippen molar-refractivity contribution in [3.8, 4) is 0 Å². The summed E-state index contributed by atoms with van der Waals surface area (Å²) in [6.45, 7) is 12.2. The lowest BCUT2D eigenvalue weighted by molar-refractivity contribution is 0.0132. The quantitative estimate of drug-likeness (QED) is 0.585. The van der Waals surface area contributed by atoms with Gasteiger partial charge in [0.05, 0.1) is 19.8 Å². The molecular formula is C18H32N4OS. The van der Waals surface area contributed by atoms with Crippen LogP contribution in [0.25, 0.3) is 0 Å². The number of aryl methyl sites for hydroxylation is 1. The Morgan fingerprint density at radius 1 is 1.33 bits per heavy atom. The number of nitrogens with one attached hydrogen (secondary N) is 2. The fraction of sp³-hybridized carbons (Fsp3) is 0.722. The zero-order valence-corrected chi connectivity index (χ0v) is 16.3. The van der Waals surface area contributed by atoms with E-state index in [1.54, 1.807) is 11.3 Å². The van der Waals surface area contributed by atoms with Crippen LogP contribution >= 0.6 is 11.3 Å². The van der Waals surface area contributed by atoms with Gasteiger partial charge in [0.2, 0.25) is 0 Å². The SMILES string of the molecule is CN=C(NCc1sccc1C)NCC(CC(C)C)N1CCOCC1. The number of hydrogen-bond donors (Lipinski definition) is 2. The highest BCUT2D eigenvalue weighted by Crippen LogP contribution is 2.15. The molecule has 2 N–H and O–H groups in total. The van der Waals surface area contributed by atoms with E-state index < -0.39 is 0 Å². The second kappa shape index (κ2) is 10.0. The molecule has 1 atom stereocenters. The van der Waals surface area contributed by atoms with Crippen LogP contribution in [0.3, 0.4) is 0 Å². The van der Waals surface area contributed by atoms with E-state index in [4.69, 9.17) is 4.74 Å². The molecule has 1 aromatic heterocycles. The monoisotopic (exact) mass is 352 g/mol. The maximum atomic E-state index is 5.50. The third-order valence-corrected chi connectivity index (χ3v) is 5.44. The van der Waals surface area contributed by atoms with Gasteiger partial charge in [0.25, 0.3) is 0 Å². The van der Waals surface area contributed by atoms with Gasteiger partial charge >= 0.3 is 0 Å². The molecule has 0 spiro atoms. The number of hydrogen-bond acceptors (Lipinski definition) is 4. The highest BCUT2D eigenvalue weighted by atomic mass is 32.1. The van der Waals surface area contributed by atoms with Gasteiger partial charge in [-0.3, -0.25) is 9.89 Å². The molecule has 1 fully saturated rings. The number of ether oxygens (including phenoxy) is 1. The fourth-order valence-corrected chi connectivity index (χ4v) is 3.88. The molecule has 1 saturated heterocycles. The van der Waals surface area contributed by atoms with Gasteiger partial charge < -0.3 is 15.4 Å². The van der Waals surface area contributed by atoms with Crippen LogP contribution in [0.4, 0.5) is 0 Å². The summed E-state index contributed by atoms with van der Waals surface area (Å²) in [6, 6.07) is 2.69. The second-order valence-electron chi connectivity index (χ2n) is 6.77. The Kier molecular flexibility index (Phi) is 8.02. The van der Waals surface area contributed by atoms with Gasteiger partial charge in [-0.25, -0.2) is 0 Å². The van der Waals surface area contributed by atoms with E-state index in [0.29, 0.717) is 12.0 Å². The van der Waals surface area contributed by atoms with E-state index in [1.165, 1.54) is 16.9 Å². The summed E-state index contributed by atoms with van der Waals surface area (Å²) in [5.41, 5.74) is 1.34. The van der Waals surface area contributed by atoms with E-state index in [9.17, 15) is 0 Å². The van der Waals surface area contributed by atoms with Crippen LogP contribution in [0.15, 0.2) is 16.4 Å². The molecular weight excluding hydrogens is 320 g/mol. The normalized spacial score (nSPS) is 18.0. The van der Waals surface area contributed by atoms with Gasteiger partial charge in [-0.2, -0.15) is 0 Å². The fourth-order valence-electron chi connectivity index (χ4n) is 3.03. The van der Waals surface area contributed by atoms with E-state index in [1.807, 2.05) is 7.05 Å². The van der Waals surface area contributed by atoms with Gasteiger partial charge in [-0.1, -0.05) is 13.8 Å². The molecule has 2 heterocycles. The summed E-state index contributed by atoms with van der Waals surface area (Å²) in [4.78, 5) is 8.28. The Labute approximate surface area is 150 Å². The Balaban J connectivity index is 1.84. The van der Waals surface area contributed by atoms with Crippen molar-refractivity contribution in [2.45, 2.75) is 39.8 Å². The highest BCUT2D eigenvalue weighted by molar-refractivity contribution is 7.10. The number of rotatable bonds is 7. The summed E-state index contributed by atoms with van der Waals surface area (Å²) < 4.78 is 5.50. The van der Waals surface area contributed by atoms with Gasteiger partial charge in [-0.15, -0.1) is 11.3 Å². The van der Waals surface area contributed by atoms with Crippen LogP contribution in [0.5, 0.6) is 0 Å². The summed E-state index contributed by atoms with van der Waals surface area (Å²) >= 11 is 1.79. The Morgan fingerprint density at radius 2 is 2.08 bits per heavy atom. The molecule has 0 bridgehead atoms. The van der Waals surface area contributed by atoms with Crippen LogP contribution in [0.1, 0.15) is 30.7 Å². The molecule has 6 heteroatoms. The molecule has 0 aromatic carbocycles. The molecule has 24 heavy (non-hydrogen) atoms. The molecule has 0 saturated carbocycles. The second-order valence-corrected chi connectivity index (χ2v) is 7.77. The number of aliphatic imine (C=N–C) groups is 1. The van der Waals surface area contributed by atoms with Gasteiger partial charge in [0, 0.05) is 37.6 Å². The van der Waals surface area contributed by atoms with Crippen LogP contribution < -0.4 is 10.6 Å². The Hall–Kier alpha value is -1.11.